The summed E-state index contributed by atoms with van der Waals surface area (Å²) in [5.74, 6) is -0.100. The fraction of sp³-hybridized carbons (Fsp3) is 0.0769. The number of carbonyl (C=O) groups excluding carboxylic acids is 2. The number of aromatic nitrogens is 3. The van der Waals surface area contributed by atoms with E-state index >= 15 is 0 Å². The minimum atomic E-state index is -0.570. The molecule has 0 saturated heterocycles. The van der Waals surface area contributed by atoms with Gasteiger partial charge in [0.05, 0.1) is 11.8 Å². The summed E-state index contributed by atoms with van der Waals surface area (Å²) in [5.41, 5.74) is 3.54. The van der Waals surface area contributed by atoms with Gasteiger partial charge in [0.2, 0.25) is 0 Å². The zero-order chi connectivity index (χ0) is 24.4. The van der Waals surface area contributed by atoms with Gasteiger partial charge in [-0.1, -0.05) is 29.8 Å². The van der Waals surface area contributed by atoms with E-state index in [9.17, 15) is 9.59 Å². The van der Waals surface area contributed by atoms with Gasteiger partial charge in [0, 0.05) is 34.5 Å². The molecule has 3 N–H and O–H groups in total. The first kappa shape index (κ1) is 22.4. The van der Waals surface area contributed by atoms with Gasteiger partial charge in [-0.05, 0) is 61.0 Å². The number of nitrogens with one attached hydrogen (secondary N) is 3. The third kappa shape index (κ3) is 4.51. The van der Waals surface area contributed by atoms with Crippen LogP contribution in [0.25, 0.3) is 0 Å². The van der Waals surface area contributed by atoms with Gasteiger partial charge >= 0.3 is 0 Å². The Bertz CT molecular complexity index is 1420. The van der Waals surface area contributed by atoms with Crippen LogP contribution >= 0.6 is 11.6 Å². The molecule has 4 aromatic rings. The van der Waals surface area contributed by atoms with Crippen molar-refractivity contribution in [3.05, 3.63) is 113 Å². The van der Waals surface area contributed by atoms with E-state index in [1.807, 2.05) is 42.5 Å². The minimum absolute atomic E-state index is 0.296. The zero-order valence-electron chi connectivity index (χ0n) is 18.7. The number of para-hydroxylation sites is 1. The normalized spacial score (nSPS) is 14.6. The average molecular weight is 485 g/mol. The predicted octanol–water partition coefficient (Wildman–Crippen LogP) is 5.11. The van der Waals surface area contributed by atoms with Gasteiger partial charge < -0.3 is 16.0 Å². The van der Waals surface area contributed by atoms with Gasteiger partial charge in [0.15, 0.2) is 0 Å². The third-order valence-corrected chi connectivity index (χ3v) is 5.92. The second kappa shape index (κ2) is 9.44. The van der Waals surface area contributed by atoms with E-state index in [0.717, 1.165) is 5.56 Å². The van der Waals surface area contributed by atoms with Gasteiger partial charge in [-0.25, -0.2) is 4.68 Å². The van der Waals surface area contributed by atoms with Crippen LogP contribution in [0.2, 0.25) is 5.02 Å². The van der Waals surface area contributed by atoms with Crippen LogP contribution in [0.3, 0.4) is 0 Å². The van der Waals surface area contributed by atoms with Crippen LogP contribution in [0.5, 0.6) is 0 Å². The van der Waals surface area contributed by atoms with E-state index in [1.165, 1.54) is 6.20 Å². The second-order valence-electron chi connectivity index (χ2n) is 7.98. The van der Waals surface area contributed by atoms with Crippen LogP contribution in [0.15, 0.2) is 96.6 Å². The van der Waals surface area contributed by atoms with Crippen molar-refractivity contribution in [3.63, 3.8) is 0 Å². The summed E-state index contributed by atoms with van der Waals surface area (Å²) in [6.07, 6.45) is 4.82. The molecule has 0 saturated carbocycles. The number of nitrogens with zero attached hydrogens (tertiary/aromatic N) is 3. The molecule has 8 nitrogen and oxygen atoms in total. The lowest BCUT2D eigenvalue weighted by Gasteiger charge is -2.30. The highest BCUT2D eigenvalue weighted by Crippen LogP contribution is 2.37. The van der Waals surface area contributed by atoms with Crippen molar-refractivity contribution >= 4 is 40.6 Å². The monoisotopic (exact) mass is 484 g/mol. The highest BCUT2D eigenvalue weighted by atomic mass is 35.5. The van der Waals surface area contributed by atoms with Crippen LogP contribution < -0.4 is 16.0 Å². The number of halogens is 1. The quantitative estimate of drug-likeness (QED) is 0.365. The largest absolute Gasteiger partial charge is 0.343 e. The molecule has 0 spiro atoms. The number of fused-ring (bicyclic) bond motifs is 1. The molecule has 35 heavy (non-hydrogen) atoms. The summed E-state index contributed by atoms with van der Waals surface area (Å²) in [6.45, 7) is 1.81. The Hall–Kier alpha value is -4.43. The van der Waals surface area contributed by atoms with E-state index in [4.69, 9.17) is 11.6 Å². The fourth-order valence-electron chi connectivity index (χ4n) is 4.02. The molecule has 0 fully saturated rings. The maximum absolute atomic E-state index is 13.5. The minimum Gasteiger partial charge on any atom is -0.343 e. The van der Waals surface area contributed by atoms with Crippen molar-refractivity contribution in [2.24, 2.45) is 0 Å². The maximum atomic E-state index is 13.5. The molecular formula is C26H21ClN6O2. The Balaban J connectivity index is 1.52. The van der Waals surface area contributed by atoms with E-state index in [0.29, 0.717) is 39.0 Å². The first-order chi connectivity index (χ1) is 17.0. The van der Waals surface area contributed by atoms with Crippen molar-refractivity contribution in [3.8, 4) is 0 Å². The van der Waals surface area contributed by atoms with Crippen molar-refractivity contribution in [2.45, 2.75) is 13.0 Å². The molecule has 3 heterocycles. The van der Waals surface area contributed by atoms with Crippen LogP contribution in [0, 0.1) is 0 Å². The standard InChI is InChI=1S/C26H21ClN6O2/c1-16-22(26(35)32-20-9-7-18(27)8-10-20)23(17-11-13-28-14-12-17)33-24(30-16)21(15-29-33)25(34)31-19-5-3-2-4-6-19/h2-15,23,30H,1H3,(H,31,34)(H,32,35)/t23-/m1/s1. The fourth-order valence-corrected chi connectivity index (χ4v) is 4.15. The van der Waals surface area contributed by atoms with Crippen LogP contribution in [-0.2, 0) is 4.79 Å². The highest BCUT2D eigenvalue weighted by Gasteiger charge is 2.35. The number of carbonyl (C=O) groups is 2. The Morgan fingerprint density at radius 1 is 0.914 bits per heavy atom. The summed E-state index contributed by atoms with van der Waals surface area (Å²) < 4.78 is 1.65. The molecule has 0 bridgehead atoms. The Morgan fingerprint density at radius 3 is 2.29 bits per heavy atom. The lowest BCUT2D eigenvalue weighted by Crippen LogP contribution is -2.32. The number of allylic oxidation sites excluding steroid dienone is 1. The molecule has 9 heteroatoms. The Labute approximate surface area is 206 Å². The van der Waals surface area contributed by atoms with Gasteiger partial charge in [0.1, 0.15) is 17.4 Å². The van der Waals surface area contributed by atoms with Crippen molar-refractivity contribution < 1.29 is 9.59 Å². The summed E-state index contributed by atoms with van der Waals surface area (Å²) >= 11 is 5.98. The van der Waals surface area contributed by atoms with Crippen LogP contribution in [0.4, 0.5) is 17.2 Å². The number of hydrogen-bond donors (Lipinski definition) is 3. The van der Waals surface area contributed by atoms with Crippen LogP contribution in [-0.4, -0.2) is 26.6 Å². The SMILES string of the molecule is CC1=C(C(=O)Nc2ccc(Cl)cc2)[C@@H](c2ccncc2)n2ncc(C(=O)Nc3ccccc3)c2N1. The number of anilines is 3. The lowest BCUT2D eigenvalue weighted by molar-refractivity contribution is -0.113. The lowest BCUT2D eigenvalue weighted by atomic mass is 9.95. The average Bonchev–Trinajstić information content (AvgIpc) is 3.29. The molecule has 174 valence electrons. The molecule has 1 aliphatic rings. The maximum Gasteiger partial charge on any atom is 0.261 e. The Morgan fingerprint density at radius 2 is 1.57 bits per heavy atom. The Kier molecular flexibility index (Phi) is 6.03. The van der Waals surface area contributed by atoms with E-state index < -0.39 is 6.04 Å². The molecule has 2 aromatic carbocycles. The van der Waals surface area contributed by atoms with Crippen molar-refractivity contribution in [2.75, 3.05) is 16.0 Å². The highest BCUT2D eigenvalue weighted by molar-refractivity contribution is 6.30. The molecule has 1 aliphatic heterocycles. The smallest absolute Gasteiger partial charge is 0.261 e. The molecular weight excluding hydrogens is 464 g/mol. The number of pyridine rings is 1. The van der Waals surface area contributed by atoms with E-state index in [1.54, 1.807) is 48.3 Å². The van der Waals surface area contributed by atoms with Crippen LogP contribution in [0.1, 0.15) is 28.9 Å². The topological polar surface area (TPSA) is 101 Å². The number of amides is 2. The molecule has 0 radical (unpaired) electrons. The van der Waals surface area contributed by atoms with E-state index in [-0.39, 0.29) is 11.8 Å². The summed E-state index contributed by atoms with van der Waals surface area (Å²) in [6, 6.07) is 19.2. The van der Waals surface area contributed by atoms with Gasteiger partial charge in [-0.3, -0.25) is 14.6 Å². The number of rotatable bonds is 5. The van der Waals surface area contributed by atoms with Gasteiger partial charge in [-0.15, -0.1) is 0 Å². The first-order valence-electron chi connectivity index (χ1n) is 10.9. The molecule has 2 amide bonds. The molecule has 5 rings (SSSR count). The van der Waals surface area contributed by atoms with Crippen molar-refractivity contribution in [1.29, 1.82) is 0 Å². The summed E-state index contributed by atoms with van der Waals surface area (Å²) in [7, 11) is 0. The second-order valence-corrected chi connectivity index (χ2v) is 8.42. The summed E-state index contributed by atoms with van der Waals surface area (Å²) in [5, 5.41) is 14.1. The number of hydrogen-bond acceptors (Lipinski definition) is 5. The predicted molar refractivity (Wildman–Crippen MR) is 135 cm³/mol. The summed E-state index contributed by atoms with van der Waals surface area (Å²) in [4.78, 5) is 30.6. The first-order valence-corrected chi connectivity index (χ1v) is 11.3. The van der Waals surface area contributed by atoms with Crippen molar-refractivity contribution in [1.82, 2.24) is 14.8 Å². The zero-order valence-corrected chi connectivity index (χ0v) is 19.5. The molecule has 2 aromatic heterocycles. The third-order valence-electron chi connectivity index (χ3n) is 5.67. The van der Waals surface area contributed by atoms with Gasteiger partial charge in [-0.2, -0.15) is 5.10 Å². The number of benzene rings is 2. The molecule has 0 unspecified atom stereocenters. The molecule has 1 atom stereocenters. The van der Waals surface area contributed by atoms with E-state index in [2.05, 4.69) is 26.0 Å². The molecule has 0 aliphatic carbocycles. The van der Waals surface area contributed by atoms with Gasteiger partial charge in [0.25, 0.3) is 11.8 Å².